The monoisotopic (exact) mass is 398 g/mol. The van der Waals surface area contributed by atoms with E-state index in [0.717, 1.165) is 49.0 Å². The molecule has 29 heavy (non-hydrogen) atoms. The Morgan fingerprint density at radius 2 is 1.72 bits per heavy atom. The van der Waals surface area contributed by atoms with E-state index < -0.39 is 0 Å². The minimum Gasteiger partial charge on any atom is -0.493 e. The van der Waals surface area contributed by atoms with E-state index in [4.69, 9.17) is 9.47 Å². The van der Waals surface area contributed by atoms with Crippen molar-refractivity contribution in [1.82, 2.24) is 15.5 Å². The van der Waals surface area contributed by atoms with Crippen LogP contribution in [0.1, 0.15) is 23.6 Å². The fraction of sp³-hybridized carbons (Fsp3) is 0.435. The molecule has 0 radical (unpaired) electrons. The highest BCUT2D eigenvalue weighted by atomic mass is 16.5. The van der Waals surface area contributed by atoms with Crippen molar-refractivity contribution in [2.45, 2.75) is 18.9 Å². The first kappa shape index (κ1) is 22.6. The fourth-order valence-electron chi connectivity index (χ4n) is 3.22. The van der Waals surface area contributed by atoms with Gasteiger partial charge >= 0.3 is 0 Å². The standard InChI is InChI=1S/C23H34N4O2/c1-24-23(25-15-9-12-18-10-7-6-8-11-18)26-17-20(27(2)3)19-13-14-21(28-4)22(16-19)29-5/h6-8,10-11,13-14,16,20H,9,12,15,17H2,1-5H3,(H2,24,25,26). The van der Waals surface area contributed by atoms with E-state index in [9.17, 15) is 0 Å². The van der Waals surface area contributed by atoms with Gasteiger partial charge in [0.1, 0.15) is 0 Å². The maximum absolute atomic E-state index is 5.46. The number of likely N-dealkylation sites (N-methyl/N-ethyl adjacent to an activating group) is 1. The number of nitrogens with zero attached hydrogens (tertiary/aromatic N) is 2. The number of aliphatic imine (C=N–C) groups is 1. The number of hydrogen-bond donors (Lipinski definition) is 2. The minimum absolute atomic E-state index is 0.165. The summed E-state index contributed by atoms with van der Waals surface area (Å²) in [4.78, 5) is 6.53. The van der Waals surface area contributed by atoms with Gasteiger partial charge in [0.25, 0.3) is 0 Å². The van der Waals surface area contributed by atoms with Crippen LogP contribution in [0.3, 0.4) is 0 Å². The van der Waals surface area contributed by atoms with Crippen molar-refractivity contribution >= 4 is 5.96 Å². The number of methoxy groups -OCH3 is 2. The summed E-state index contributed by atoms with van der Waals surface area (Å²) in [6.45, 7) is 1.60. The van der Waals surface area contributed by atoms with Gasteiger partial charge in [-0.3, -0.25) is 4.99 Å². The summed E-state index contributed by atoms with van der Waals surface area (Å²) in [5, 5.41) is 6.84. The Balaban J connectivity index is 1.89. The lowest BCUT2D eigenvalue weighted by molar-refractivity contribution is 0.295. The van der Waals surface area contributed by atoms with Crippen molar-refractivity contribution in [3.05, 3.63) is 59.7 Å². The van der Waals surface area contributed by atoms with Gasteiger partial charge in [-0.15, -0.1) is 0 Å². The van der Waals surface area contributed by atoms with Gasteiger partial charge in [-0.1, -0.05) is 36.4 Å². The summed E-state index contributed by atoms with van der Waals surface area (Å²) in [6, 6.07) is 16.8. The molecule has 0 saturated carbocycles. The van der Waals surface area contributed by atoms with E-state index in [0.29, 0.717) is 0 Å². The largest absolute Gasteiger partial charge is 0.493 e. The highest BCUT2D eigenvalue weighted by molar-refractivity contribution is 5.79. The molecule has 2 N–H and O–H groups in total. The van der Waals surface area contributed by atoms with Gasteiger partial charge in [0.05, 0.1) is 20.3 Å². The summed E-state index contributed by atoms with van der Waals surface area (Å²) in [6.07, 6.45) is 2.11. The lowest BCUT2D eigenvalue weighted by Crippen LogP contribution is -2.42. The van der Waals surface area contributed by atoms with E-state index in [-0.39, 0.29) is 6.04 Å². The van der Waals surface area contributed by atoms with Crippen LogP contribution < -0.4 is 20.1 Å². The molecule has 2 aromatic carbocycles. The Morgan fingerprint density at radius 3 is 2.34 bits per heavy atom. The van der Waals surface area contributed by atoms with Crippen molar-refractivity contribution < 1.29 is 9.47 Å². The molecule has 1 unspecified atom stereocenters. The molecule has 0 aromatic heterocycles. The molecule has 2 aromatic rings. The van der Waals surface area contributed by atoms with Crippen LogP contribution in [-0.2, 0) is 6.42 Å². The lowest BCUT2D eigenvalue weighted by Gasteiger charge is -2.26. The van der Waals surface area contributed by atoms with Gasteiger partial charge in [-0.05, 0) is 50.2 Å². The lowest BCUT2D eigenvalue weighted by atomic mass is 10.1. The molecule has 6 nitrogen and oxygen atoms in total. The van der Waals surface area contributed by atoms with Gasteiger partial charge in [-0.25, -0.2) is 0 Å². The molecule has 0 aliphatic rings. The van der Waals surface area contributed by atoms with Crippen LogP contribution in [-0.4, -0.2) is 59.3 Å². The molecule has 2 rings (SSSR count). The van der Waals surface area contributed by atoms with Crippen LogP contribution in [0.2, 0.25) is 0 Å². The number of hydrogen-bond acceptors (Lipinski definition) is 4. The third-order valence-electron chi connectivity index (χ3n) is 4.88. The second-order valence-electron chi connectivity index (χ2n) is 7.06. The Morgan fingerprint density at radius 1 is 1.00 bits per heavy atom. The van der Waals surface area contributed by atoms with Crippen LogP contribution in [0.15, 0.2) is 53.5 Å². The average molecular weight is 399 g/mol. The Bertz CT molecular complexity index is 763. The summed E-state index contributed by atoms with van der Waals surface area (Å²) in [5.74, 6) is 2.28. The summed E-state index contributed by atoms with van der Waals surface area (Å²) < 4.78 is 10.8. The third-order valence-corrected chi connectivity index (χ3v) is 4.88. The van der Waals surface area contributed by atoms with Crippen LogP contribution >= 0.6 is 0 Å². The number of guanidine groups is 1. The van der Waals surface area contributed by atoms with Crippen LogP contribution in [0.4, 0.5) is 0 Å². The molecular weight excluding hydrogens is 364 g/mol. The fourth-order valence-corrected chi connectivity index (χ4v) is 3.22. The highest BCUT2D eigenvalue weighted by Crippen LogP contribution is 2.31. The Kier molecular flexibility index (Phi) is 9.31. The van der Waals surface area contributed by atoms with E-state index in [2.05, 4.69) is 65.0 Å². The smallest absolute Gasteiger partial charge is 0.191 e. The topological polar surface area (TPSA) is 58.1 Å². The van der Waals surface area contributed by atoms with Crippen LogP contribution in [0.5, 0.6) is 11.5 Å². The first-order valence-corrected chi connectivity index (χ1v) is 9.95. The van der Waals surface area contributed by atoms with E-state index in [1.165, 1.54) is 5.56 Å². The molecule has 0 heterocycles. The first-order chi connectivity index (χ1) is 14.1. The molecule has 0 fully saturated rings. The SMILES string of the molecule is CN=C(NCCCc1ccccc1)NCC(c1ccc(OC)c(OC)c1)N(C)C. The van der Waals surface area contributed by atoms with E-state index in [1.54, 1.807) is 21.3 Å². The van der Waals surface area contributed by atoms with Crippen molar-refractivity contribution in [2.75, 3.05) is 48.5 Å². The van der Waals surface area contributed by atoms with Crippen molar-refractivity contribution in [2.24, 2.45) is 4.99 Å². The molecule has 6 heteroatoms. The predicted octanol–water partition coefficient (Wildman–Crippen LogP) is 3.10. The zero-order chi connectivity index (χ0) is 21.1. The molecule has 0 saturated heterocycles. The first-order valence-electron chi connectivity index (χ1n) is 9.95. The normalized spacial score (nSPS) is 12.6. The number of nitrogens with one attached hydrogen (secondary N) is 2. The van der Waals surface area contributed by atoms with Crippen molar-refractivity contribution in [3.8, 4) is 11.5 Å². The van der Waals surface area contributed by atoms with E-state index >= 15 is 0 Å². The van der Waals surface area contributed by atoms with Crippen molar-refractivity contribution in [3.63, 3.8) is 0 Å². The number of ether oxygens (including phenoxy) is 2. The molecule has 0 bridgehead atoms. The summed E-state index contributed by atoms with van der Waals surface area (Å²) >= 11 is 0. The van der Waals surface area contributed by atoms with Gasteiger partial charge in [0.2, 0.25) is 0 Å². The molecule has 0 amide bonds. The maximum atomic E-state index is 5.46. The van der Waals surface area contributed by atoms with Gasteiger partial charge < -0.3 is 25.0 Å². The maximum Gasteiger partial charge on any atom is 0.191 e. The van der Waals surface area contributed by atoms with Gasteiger partial charge in [0.15, 0.2) is 17.5 Å². The van der Waals surface area contributed by atoms with Crippen LogP contribution in [0, 0.1) is 0 Å². The van der Waals surface area contributed by atoms with Gasteiger partial charge in [0, 0.05) is 20.1 Å². The van der Waals surface area contributed by atoms with Gasteiger partial charge in [-0.2, -0.15) is 0 Å². The predicted molar refractivity (Wildman–Crippen MR) is 120 cm³/mol. The minimum atomic E-state index is 0.165. The number of benzene rings is 2. The molecule has 158 valence electrons. The molecular formula is C23H34N4O2. The summed E-state index contributed by atoms with van der Waals surface area (Å²) in [5.41, 5.74) is 2.51. The number of aryl methyl sites for hydroxylation is 1. The second kappa shape index (κ2) is 12.0. The Labute approximate surface area is 174 Å². The molecule has 0 aliphatic heterocycles. The zero-order valence-corrected chi connectivity index (χ0v) is 18.2. The number of rotatable bonds is 10. The molecule has 0 spiro atoms. The van der Waals surface area contributed by atoms with Crippen molar-refractivity contribution in [1.29, 1.82) is 0 Å². The third kappa shape index (κ3) is 6.98. The molecule has 0 aliphatic carbocycles. The highest BCUT2D eigenvalue weighted by Gasteiger charge is 2.17. The Hall–Kier alpha value is -2.73. The van der Waals surface area contributed by atoms with E-state index in [1.807, 2.05) is 18.2 Å². The summed E-state index contributed by atoms with van der Waals surface area (Å²) in [7, 11) is 9.24. The molecule has 1 atom stereocenters. The second-order valence-corrected chi connectivity index (χ2v) is 7.06. The average Bonchev–Trinajstić information content (AvgIpc) is 2.75. The zero-order valence-electron chi connectivity index (χ0n) is 18.2. The quantitative estimate of drug-likeness (QED) is 0.366. The van der Waals surface area contributed by atoms with Crippen LogP contribution in [0.25, 0.3) is 0 Å².